The predicted octanol–water partition coefficient (Wildman–Crippen LogP) is 1.92. The van der Waals surface area contributed by atoms with Gasteiger partial charge in [0.25, 0.3) is 11.8 Å². The molecule has 0 saturated carbocycles. The fraction of sp³-hybridized carbons (Fsp3) is 0.250. The number of esters is 1. The van der Waals surface area contributed by atoms with E-state index < -0.39 is 40.5 Å². The number of carbonyl (C=O) groups excluding carboxylic acids is 3. The van der Waals surface area contributed by atoms with E-state index in [2.05, 4.69) is 10.6 Å². The summed E-state index contributed by atoms with van der Waals surface area (Å²) in [5, 5.41) is 10.3. The molecule has 2 rings (SSSR count). The van der Waals surface area contributed by atoms with Crippen molar-refractivity contribution < 1.29 is 27.5 Å². The van der Waals surface area contributed by atoms with E-state index in [-0.39, 0.29) is 27.1 Å². The average molecular weight is 468 g/mol. The molecule has 2 aromatic carbocycles. The van der Waals surface area contributed by atoms with Gasteiger partial charge < -0.3 is 15.4 Å². The van der Waals surface area contributed by atoms with Crippen molar-refractivity contribution in [1.29, 1.82) is 0 Å². The van der Waals surface area contributed by atoms with Crippen LogP contribution in [0.3, 0.4) is 0 Å². The summed E-state index contributed by atoms with van der Waals surface area (Å²) in [5.74, 6) is -2.37. The van der Waals surface area contributed by atoms with Crippen LogP contribution in [0.2, 0.25) is 5.02 Å². The van der Waals surface area contributed by atoms with Crippen LogP contribution in [0.25, 0.3) is 0 Å². The van der Waals surface area contributed by atoms with Gasteiger partial charge in [0, 0.05) is 5.69 Å². The zero-order chi connectivity index (χ0) is 23.2. The van der Waals surface area contributed by atoms with Crippen molar-refractivity contribution in [3.05, 3.63) is 59.1 Å². The topological polar surface area (TPSA) is 145 Å². The third-order valence-corrected chi connectivity index (χ3v) is 5.36. The molecule has 0 aliphatic heterocycles. The van der Waals surface area contributed by atoms with Crippen LogP contribution in [0.4, 0.5) is 5.69 Å². The monoisotopic (exact) mass is 467 g/mol. The molecule has 0 saturated heterocycles. The summed E-state index contributed by atoms with van der Waals surface area (Å²) in [6.45, 7) is 2.78. The highest BCUT2D eigenvalue weighted by molar-refractivity contribution is 7.89. The van der Waals surface area contributed by atoms with Crippen molar-refractivity contribution in [3.63, 3.8) is 0 Å². The number of halogens is 1. The Bertz CT molecular complexity index is 1090. The molecule has 0 spiro atoms. The van der Waals surface area contributed by atoms with Gasteiger partial charge in [-0.25, -0.2) is 18.4 Å². The van der Waals surface area contributed by atoms with Crippen LogP contribution in [-0.4, -0.2) is 38.9 Å². The summed E-state index contributed by atoms with van der Waals surface area (Å²) < 4.78 is 27.8. The van der Waals surface area contributed by atoms with Crippen LogP contribution in [0, 0.1) is 5.92 Å². The lowest BCUT2D eigenvalue weighted by Gasteiger charge is -2.21. The average Bonchev–Trinajstić information content (AvgIpc) is 2.69. The number of hydrogen-bond acceptors (Lipinski definition) is 6. The number of anilines is 1. The van der Waals surface area contributed by atoms with E-state index in [9.17, 15) is 22.8 Å². The summed E-state index contributed by atoms with van der Waals surface area (Å²) in [6.07, 6.45) is 0. The Kier molecular flexibility index (Phi) is 8.14. The van der Waals surface area contributed by atoms with Gasteiger partial charge >= 0.3 is 5.97 Å². The van der Waals surface area contributed by atoms with Gasteiger partial charge in [0.05, 0.1) is 15.5 Å². The molecule has 166 valence electrons. The molecular weight excluding hydrogens is 446 g/mol. The van der Waals surface area contributed by atoms with E-state index in [0.717, 1.165) is 0 Å². The number of nitrogens with one attached hydrogen (secondary N) is 2. The Labute approximate surface area is 185 Å². The van der Waals surface area contributed by atoms with Gasteiger partial charge in [-0.1, -0.05) is 43.6 Å². The summed E-state index contributed by atoms with van der Waals surface area (Å²) in [7, 11) is -3.93. The van der Waals surface area contributed by atoms with E-state index in [1.165, 1.54) is 30.3 Å². The molecule has 0 aliphatic carbocycles. The molecule has 11 heteroatoms. The lowest BCUT2D eigenvalue weighted by molar-refractivity contribution is -0.150. The quantitative estimate of drug-likeness (QED) is 0.506. The number of sulfonamides is 1. The highest BCUT2D eigenvalue weighted by Crippen LogP contribution is 2.16. The standard InChI is InChI=1S/C20H22ClN3O6S/c1-12(2)18(24-19(26)15-8-3-4-9-16(15)21)20(27)30-11-17(25)23-13-6-5-7-14(10-13)31(22,28)29/h3-10,12,18H,11H2,1-2H3,(H,23,25)(H,24,26)(H2,22,28,29)/t18-/m1/s1. The fourth-order valence-electron chi connectivity index (χ4n) is 2.54. The number of nitrogens with two attached hydrogens (primary N) is 1. The zero-order valence-corrected chi connectivity index (χ0v) is 18.4. The van der Waals surface area contributed by atoms with Crippen LogP contribution in [0.15, 0.2) is 53.4 Å². The highest BCUT2D eigenvalue weighted by Gasteiger charge is 2.27. The van der Waals surface area contributed by atoms with Crippen LogP contribution < -0.4 is 15.8 Å². The first kappa shape index (κ1) is 24.3. The number of carbonyl (C=O) groups is 3. The fourth-order valence-corrected chi connectivity index (χ4v) is 3.32. The number of primary sulfonamides is 1. The number of rotatable bonds is 8. The smallest absolute Gasteiger partial charge is 0.329 e. The van der Waals surface area contributed by atoms with Gasteiger partial charge in [-0.15, -0.1) is 0 Å². The Hall–Kier alpha value is -2.95. The summed E-state index contributed by atoms with van der Waals surface area (Å²) in [5.41, 5.74) is 0.370. The Morgan fingerprint density at radius 3 is 2.39 bits per heavy atom. The van der Waals surface area contributed by atoms with Gasteiger partial charge in [-0.05, 0) is 36.2 Å². The SMILES string of the molecule is CC(C)[C@@H](NC(=O)c1ccccc1Cl)C(=O)OCC(=O)Nc1cccc(S(N)(=O)=O)c1. The van der Waals surface area contributed by atoms with Crippen molar-refractivity contribution in [2.24, 2.45) is 11.1 Å². The number of benzene rings is 2. The van der Waals surface area contributed by atoms with Gasteiger partial charge in [0.15, 0.2) is 6.61 Å². The molecule has 0 unspecified atom stereocenters. The van der Waals surface area contributed by atoms with Crippen molar-refractivity contribution >= 4 is 45.1 Å². The molecule has 0 fully saturated rings. The van der Waals surface area contributed by atoms with Crippen molar-refractivity contribution in [2.45, 2.75) is 24.8 Å². The maximum Gasteiger partial charge on any atom is 0.329 e. The molecular formula is C20H22ClN3O6S. The van der Waals surface area contributed by atoms with Gasteiger partial charge in [0.1, 0.15) is 6.04 Å². The number of hydrogen-bond donors (Lipinski definition) is 3. The maximum atomic E-state index is 12.4. The second-order valence-corrected chi connectivity index (χ2v) is 8.87. The second kappa shape index (κ2) is 10.4. The van der Waals surface area contributed by atoms with Crippen molar-refractivity contribution in [3.8, 4) is 0 Å². The van der Waals surface area contributed by atoms with Crippen molar-refractivity contribution in [1.82, 2.24) is 5.32 Å². The summed E-state index contributed by atoms with van der Waals surface area (Å²) in [4.78, 5) is 36.8. The van der Waals surface area contributed by atoms with Crippen molar-refractivity contribution in [2.75, 3.05) is 11.9 Å². The minimum Gasteiger partial charge on any atom is -0.454 e. The molecule has 0 aliphatic rings. The van der Waals surface area contributed by atoms with E-state index >= 15 is 0 Å². The highest BCUT2D eigenvalue weighted by atomic mass is 35.5. The van der Waals surface area contributed by atoms with Crippen LogP contribution >= 0.6 is 11.6 Å². The Morgan fingerprint density at radius 1 is 1.10 bits per heavy atom. The lowest BCUT2D eigenvalue weighted by Crippen LogP contribution is -2.46. The minimum absolute atomic E-state index is 0.167. The van der Waals surface area contributed by atoms with Gasteiger partial charge in [-0.3, -0.25) is 9.59 Å². The summed E-state index contributed by atoms with van der Waals surface area (Å²) >= 11 is 6.01. The summed E-state index contributed by atoms with van der Waals surface area (Å²) in [6, 6.07) is 10.7. The van der Waals surface area contributed by atoms with Crippen LogP contribution in [0.1, 0.15) is 24.2 Å². The van der Waals surface area contributed by atoms with Gasteiger partial charge in [-0.2, -0.15) is 0 Å². The third-order valence-electron chi connectivity index (χ3n) is 4.12. The zero-order valence-electron chi connectivity index (χ0n) is 16.8. The van der Waals surface area contributed by atoms with E-state index in [0.29, 0.717) is 0 Å². The normalized spacial score (nSPS) is 12.2. The molecule has 0 aromatic heterocycles. The van der Waals surface area contributed by atoms with Gasteiger partial charge in [0.2, 0.25) is 10.0 Å². The van der Waals surface area contributed by atoms with Crippen LogP contribution in [0.5, 0.6) is 0 Å². The molecule has 2 amide bonds. The molecule has 4 N–H and O–H groups in total. The predicted molar refractivity (Wildman–Crippen MR) is 115 cm³/mol. The van der Waals surface area contributed by atoms with E-state index in [1.54, 1.807) is 32.0 Å². The Morgan fingerprint density at radius 2 is 1.77 bits per heavy atom. The second-order valence-electron chi connectivity index (χ2n) is 6.90. The first-order valence-corrected chi connectivity index (χ1v) is 11.1. The minimum atomic E-state index is -3.93. The number of ether oxygens (including phenoxy) is 1. The third kappa shape index (κ3) is 7.06. The Balaban J connectivity index is 1.98. The first-order valence-electron chi connectivity index (χ1n) is 9.13. The molecule has 2 aromatic rings. The maximum absolute atomic E-state index is 12.4. The van der Waals surface area contributed by atoms with Crippen LogP contribution in [-0.2, 0) is 24.3 Å². The molecule has 1 atom stereocenters. The van der Waals surface area contributed by atoms with E-state index in [4.69, 9.17) is 21.5 Å². The molecule has 0 bridgehead atoms. The van der Waals surface area contributed by atoms with E-state index in [1.807, 2.05) is 0 Å². The molecule has 0 heterocycles. The molecule has 31 heavy (non-hydrogen) atoms. The molecule has 9 nitrogen and oxygen atoms in total. The lowest BCUT2D eigenvalue weighted by atomic mass is 10.0. The molecule has 0 radical (unpaired) electrons. The largest absolute Gasteiger partial charge is 0.454 e. The first-order chi connectivity index (χ1) is 14.5. The number of amides is 2.